The van der Waals surface area contributed by atoms with Crippen LogP contribution in [0.15, 0.2) is 78.4 Å². The maximum atomic E-state index is 13.3. The third-order valence-electron chi connectivity index (χ3n) is 5.54. The fraction of sp³-hybridized carbons (Fsp3) is 0.148. The van der Waals surface area contributed by atoms with Crippen molar-refractivity contribution in [1.29, 1.82) is 0 Å². The van der Waals surface area contributed by atoms with Crippen LogP contribution < -0.4 is 14.4 Å². The highest BCUT2D eigenvalue weighted by Crippen LogP contribution is 2.43. The zero-order valence-corrected chi connectivity index (χ0v) is 18.9. The largest absolute Gasteiger partial charge is 0.507 e. The molecule has 1 amide bonds. The van der Waals surface area contributed by atoms with Crippen molar-refractivity contribution >= 4 is 29.1 Å². The number of aliphatic hydroxyl groups excluding tert-OH is 1. The number of methoxy groups -OCH3 is 1. The molecule has 1 atom stereocenters. The molecule has 3 aromatic rings. The topological polar surface area (TPSA) is 93.1 Å². The molecule has 1 N–H and O–H groups in total. The molecule has 34 heavy (non-hydrogen) atoms. The summed E-state index contributed by atoms with van der Waals surface area (Å²) in [6.07, 6.45) is 0. The normalized spacial score (nSPS) is 17.0. The van der Waals surface area contributed by atoms with Gasteiger partial charge in [-0.05, 0) is 36.8 Å². The predicted molar refractivity (Wildman–Crippen MR) is 127 cm³/mol. The molecule has 0 bridgehead atoms. The van der Waals surface area contributed by atoms with Crippen molar-refractivity contribution in [2.45, 2.75) is 19.9 Å². The number of ketones is 1. The average Bonchev–Trinajstić information content (AvgIpc) is 3.09. The first kappa shape index (κ1) is 22.8. The molecule has 172 valence electrons. The van der Waals surface area contributed by atoms with Gasteiger partial charge in [0.05, 0.1) is 18.7 Å². The van der Waals surface area contributed by atoms with E-state index in [0.29, 0.717) is 22.6 Å². The van der Waals surface area contributed by atoms with E-state index in [4.69, 9.17) is 9.47 Å². The number of nitrogens with zero attached hydrogens (tertiary/aromatic N) is 1. The Hall–Kier alpha value is -4.39. The van der Waals surface area contributed by atoms with Crippen LogP contribution in [-0.4, -0.2) is 29.9 Å². The quantitative estimate of drug-likeness (QED) is 0.199. The standard InChI is InChI=1S/C27H23NO6/c1-16-10-12-18(13-11-16)25(30)23-24(19-6-4-9-22(14-19)34-17(2)29)28(27(32)26(23)31)20-7-5-8-21(15-20)33-3/h4-15,24,30H,1-3H3/b25-23+. The van der Waals surface area contributed by atoms with Crippen molar-refractivity contribution in [3.8, 4) is 11.5 Å². The van der Waals surface area contributed by atoms with Gasteiger partial charge in [-0.25, -0.2) is 0 Å². The Labute approximate surface area is 196 Å². The highest BCUT2D eigenvalue weighted by molar-refractivity contribution is 6.51. The van der Waals surface area contributed by atoms with Crippen LogP contribution in [0.5, 0.6) is 11.5 Å². The summed E-state index contributed by atoms with van der Waals surface area (Å²) in [5.41, 5.74) is 2.26. The molecular weight excluding hydrogens is 434 g/mol. The minimum absolute atomic E-state index is 0.0587. The van der Waals surface area contributed by atoms with Gasteiger partial charge in [0.15, 0.2) is 0 Å². The third-order valence-corrected chi connectivity index (χ3v) is 5.54. The summed E-state index contributed by atoms with van der Waals surface area (Å²) >= 11 is 0. The van der Waals surface area contributed by atoms with Gasteiger partial charge in [0.1, 0.15) is 17.3 Å². The molecule has 4 rings (SSSR count). The molecule has 7 heteroatoms. The Kier molecular flexibility index (Phi) is 6.19. The molecule has 0 aliphatic carbocycles. The molecule has 3 aromatic carbocycles. The van der Waals surface area contributed by atoms with E-state index in [1.807, 2.05) is 19.1 Å². The summed E-state index contributed by atoms with van der Waals surface area (Å²) < 4.78 is 10.5. The number of rotatable bonds is 5. The van der Waals surface area contributed by atoms with E-state index in [9.17, 15) is 19.5 Å². The van der Waals surface area contributed by atoms with Crippen LogP contribution in [0.4, 0.5) is 5.69 Å². The monoisotopic (exact) mass is 457 g/mol. The number of hydrogen-bond donors (Lipinski definition) is 1. The maximum absolute atomic E-state index is 13.3. The first-order valence-electron chi connectivity index (χ1n) is 10.6. The second kappa shape index (κ2) is 9.23. The number of aryl methyl sites for hydroxylation is 1. The number of anilines is 1. The van der Waals surface area contributed by atoms with Gasteiger partial charge in [-0.1, -0.05) is 48.0 Å². The van der Waals surface area contributed by atoms with E-state index in [-0.39, 0.29) is 17.1 Å². The maximum Gasteiger partial charge on any atom is 0.308 e. The highest BCUT2D eigenvalue weighted by Gasteiger charge is 2.47. The first-order chi connectivity index (χ1) is 16.3. The van der Waals surface area contributed by atoms with Crippen LogP contribution in [0.25, 0.3) is 5.76 Å². The Morgan fingerprint density at radius 3 is 2.29 bits per heavy atom. The van der Waals surface area contributed by atoms with Gasteiger partial charge in [-0.3, -0.25) is 19.3 Å². The van der Waals surface area contributed by atoms with Crippen molar-refractivity contribution in [3.05, 3.63) is 95.1 Å². The number of hydrogen-bond acceptors (Lipinski definition) is 6. The van der Waals surface area contributed by atoms with Crippen LogP contribution in [0.1, 0.15) is 29.7 Å². The van der Waals surface area contributed by atoms with Gasteiger partial charge in [0.2, 0.25) is 0 Å². The lowest BCUT2D eigenvalue weighted by atomic mass is 9.94. The molecular formula is C27H23NO6. The molecule has 0 saturated carbocycles. The molecule has 1 aliphatic heterocycles. The van der Waals surface area contributed by atoms with Crippen molar-refractivity contribution in [2.24, 2.45) is 0 Å². The van der Waals surface area contributed by atoms with E-state index in [0.717, 1.165) is 5.56 Å². The number of esters is 1. The minimum atomic E-state index is -0.955. The molecule has 1 heterocycles. The highest BCUT2D eigenvalue weighted by atomic mass is 16.5. The summed E-state index contributed by atoms with van der Waals surface area (Å²) in [6, 6.07) is 19.3. The second-order valence-corrected chi connectivity index (χ2v) is 7.90. The van der Waals surface area contributed by atoms with Crippen LogP contribution in [0.2, 0.25) is 0 Å². The van der Waals surface area contributed by atoms with Gasteiger partial charge in [0, 0.05) is 24.2 Å². The third kappa shape index (κ3) is 4.28. The van der Waals surface area contributed by atoms with Crippen molar-refractivity contribution in [1.82, 2.24) is 0 Å². The molecule has 7 nitrogen and oxygen atoms in total. The van der Waals surface area contributed by atoms with Crippen molar-refractivity contribution in [3.63, 3.8) is 0 Å². The second-order valence-electron chi connectivity index (χ2n) is 7.90. The number of carbonyl (C=O) groups is 3. The van der Waals surface area contributed by atoms with Crippen LogP contribution >= 0.6 is 0 Å². The zero-order valence-electron chi connectivity index (χ0n) is 18.9. The summed E-state index contributed by atoms with van der Waals surface area (Å²) in [7, 11) is 1.50. The fourth-order valence-electron chi connectivity index (χ4n) is 3.96. The number of aliphatic hydroxyl groups is 1. The fourth-order valence-corrected chi connectivity index (χ4v) is 3.96. The minimum Gasteiger partial charge on any atom is -0.507 e. The number of benzene rings is 3. The zero-order chi connectivity index (χ0) is 24.4. The van der Waals surface area contributed by atoms with E-state index in [1.54, 1.807) is 60.7 Å². The van der Waals surface area contributed by atoms with E-state index < -0.39 is 23.7 Å². The number of amides is 1. The molecule has 0 radical (unpaired) electrons. The van der Waals surface area contributed by atoms with E-state index in [1.165, 1.54) is 18.9 Å². The predicted octanol–water partition coefficient (Wildman–Crippen LogP) is 4.56. The molecule has 0 spiro atoms. The van der Waals surface area contributed by atoms with Gasteiger partial charge in [-0.15, -0.1) is 0 Å². The Balaban J connectivity index is 1.94. The van der Waals surface area contributed by atoms with Crippen molar-refractivity contribution < 1.29 is 29.0 Å². The van der Waals surface area contributed by atoms with E-state index in [2.05, 4.69) is 0 Å². The van der Waals surface area contributed by atoms with Gasteiger partial charge >= 0.3 is 5.97 Å². The van der Waals surface area contributed by atoms with Crippen LogP contribution in [0, 0.1) is 6.92 Å². The Morgan fingerprint density at radius 1 is 0.941 bits per heavy atom. The summed E-state index contributed by atoms with van der Waals surface area (Å²) in [6.45, 7) is 3.19. The molecule has 1 unspecified atom stereocenters. The first-order valence-corrected chi connectivity index (χ1v) is 10.6. The SMILES string of the molecule is COc1cccc(N2C(=O)C(=O)/C(=C(/O)c3ccc(C)cc3)C2c2cccc(OC(C)=O)c2)c1. The van der Waals surface area contributed by atoms with Crippen molar-refractivity contribution in [2.75, 3.05) is 12.0 Å². The smallest absolute Gasteiger partial charge is 0.308 e. The van der Waals surface area contributed by atoms with Gasteiger partial charge < -0.3 is 14.6 Å². The summed E-state index contributed by atoms with van der Waals surface area (Å²) in [5.74, 6) is -1.62. The summed E-state index contributed by atoms with van der Waals surface area (Å²) in [5, 5.41) is 11.2. The van der Waals surface area contributed by atoms with E-state index >= 15 is 0 Å². The molecule has 1 aliphatic rings. The lowest BCUT2D eigenvalue weighted by molar-refractivity contribution is -0.132. The van der Waals surface area contributed by atoms with Crippen LogP contribution in [0.3, 0.4) is 0 Å². The molecule has 0 aromatic heterocycles. The number of ether oxygens (including phenoxy) is 2. The van der Waals surface area contributed by atoms with Crippen LogP contribution in [-0.2, 0) is 14.4 Å². The van der Waals surface area contributed by atoms with Gasteiger partial charge in [-0.2, -0.15) is 0 Å². The lowest BCUT2D eigenvalue weighted by Crippen LogP contribution is -2.29. The molecule has 1 saturated heterocycles. The lowest BCUT2D eigenvalue weighted by Gasteiger charge is -2.26. The Morgan fingerprint density at radius 2 is 1.62 bits per heavy atom. The number of carbonyl (C=O) groups excluding carboxylic acids is 3. The average molecular weight is 457 g/mol. The number of Topliss-reactive ketones (excluding diaryl/α,β-unsaturated/α-hetero) is 1. The Bertz CT molecular complexity index is 1310. The summed E-state index contributed by atoms with van der Waals surface area (Å²) in [4.78, 5) is 39.3. The van der Waals surface area contributed by atoms with Gasteiger partial charge in [0.25, 0.3) is 11.7 Å². The molecule has 1 fully saturated rings.